The monoisotopic (exact) mass is 477 g/mol. The third-order valence-corrected chi connectivity index (χ3v) is 7.19. The molecular weight excluding hydrogens is 446 g/mol. The summed E-state index contributed by atoms with van der Waals surface area (Å²) in [5, 5.41) is 15.9. The molecule has 1 fully saturated rings. The van der Waals surface area contributed by atoms with E-state index in [1.165, 1.54) is 0 Å². The highest BCUT2D eigenvalue weighted by Crippen LogP contribution is 2.29. The van der Waals surface area contributed by atoms with Gasteiger partial charge in [-0.2, -0.15) is 0 Å². The lowest BCUT2D eigenvalue weighted by atomic mass is 9.98. The number of rotatable bonds is 8. The largest absolute Gasteiger partial charge is 0.396 e. The van der Waals surface area contributed by atoms with Crippen molar-refractivity contribution >= 4 is 29.3 Å². The van der Waals surface area contributed by atoms with Crippen molar-refractivity contribution in [3.63, 3.8) is 0 Å². The first kappa shape index (κ1) is 24.2. The molecule has 3 aromatic rings. The standard InChI is InChI=1S/C26H31N5O2S/c1-26(2,17-32)18-34-22-9-5-19(6-10-22)23-11-12-28-25(30-23)29-21-7-3-20(4-8-21)24(33)31-15-13-27-14-16-31/h3-12,27,32H,13-18H2,1-2H3,(H,28,29,30). The summed E-state index contributed by atoms with van der Waals surface area (Å²) in [5.41, 5.74) is 3.24. The van der Waals surface area contributed by atoms with Gasteiger partial charge in [0.15, 0.2) is 0 Å². The zero-order valence-electron chi connectivity index (χ0n) is 19.6. The lowest BCUT2D eigenvalue weighted by Crippen LogP contribution is -2.46. The Hall–Kier alpha value is -2.94. The van der Waals surface area contributed by atoms with Gasteiger partial charge in [-0.15, -0.1) is 11.8 Å². The minimum absolute atomic E-state index is 0.0628. The number of aliphatic hydroxyl groups is 1. The number of piperazine rings is 1. The fourth-order valence-corrected chi connectivity index (χ4v) is 4.48. The SMILES string of the molecule is CC(C)(CO)CSc1ccc(-c2ccnc(Nc3ccc(C(=O)N4CCNCC4)cc3)n2)cc1. The van der Waals surface area contributed by atoms with Crippen molar-refractivity contribution in [1.82, 2.24) is 20.2 Å². The second-order valence-corrected chi connectivity index (χ2v) is 10.2. The van der Waals surface area contributed by atoms with Crippen LogP contribution in [0.5, 0.6) is 0 Å². The number of aliphatic hydroxyl groups excluding tert-OH is 1. The molecule has 1 aromatic heterocycles. The molecular formula is C26H31N5O2S. The number of hydrogen-bond donors (Lipinski definition) is 3. The van der Waals surface area contributed by atoms with Crippen molar-refractivity contribution in [2.24, 2.45) is 5.41 Å². The fraction of sp³-hybridized carbons (Fsp3) is 0.346. The topological polar surface area (TPSA) is 90.4 Å². The maximum absolute atomic E-state index is 12.6. The van der Waals surface area contributed by atoms with Gasteiger partial charge in [-0.05, 0) is 47.9 Å². The second-order valence-electron chi connectivity index (χ2n) is 9.15. The molecule has 0 radical (unpaired) electrons. The first-order valence-electron chi connectivity index (χ1n) is 11.5. The van der Waals surface area contributed by atoms with Crippen molar-refractivity contribution in [2.75, 3.05) is 43.9 Å². The Morgan fingerprint density at radius 3 is 2.47 bits per heavy atom. The summed E-state index contributed by atoms with van der Waals surface area (Å²) in [4.78, 5) is 24.7. The first-order chi connectivity index (χ1) is 16.4. The Morgan fingerprint density at radius 1 is 1.09 bits per heavy atom. The molecule has 8 heteroatoms. The van der Waals surface area contributed by atoms with Crippen LogP contribution in [-0.2, 0) is 0 Å². The Morgan fingerprint density at radius 2 is 1.79 bits per heavy atom. The summed E-state index contributed by atoms with van der Waals surface area (Å²) >= 11 is 1.74. The van der Waals surface area contributed by atoms with Crippen LogP contribution in [0.1, 0.15) is 24.2 Å². The van der Waals surface area contributed by atoms with E-state index in [4.69, 9.17) is 0 Å². The molecule has 4 rings (SSSR count). The van der Waals surface area contributed by atoms with E-state index in [1.54, 1.807) is 18.0 Å². The summed E-state index contributed by atoms with van der Waals surface area (Å²) in [5.74, 6) is 1.42. The molecule has 7 nitrogen and oxygen atoms in total. The molecule has 2 aromatic carbocycles. The van der Waals surface area contributed by atoms with Crippen molar-refractivity contribution in [3.05, 3.63) is 66.4 Å². The van der Waals surface area contributed by atoms with Gasteiger partial charge in [-0.3, -0.25) is 4.79 Å². The van der Waals surface area contributed by atoms with E-state index in [1.807, 2.05) is 35.2 Å². The maximum Gasteiger partial charge on any atom is 0.253 e. The number of carbonyl (C=O) groups is 1. The molecule has 0 aliphatic carbocycles. The number of hydrogen-bond acceptors (Lipinski definition) is 7. The summed E-state index contributed by atoms with van der Waals surface area (Å²) in [6.07, 6.45) is 1.74. The zero-order valence-corrected chi connectivity index (χ0v) is 20.4. The third-order valence-electron chi connectivity index (χ3n) is 5.66. The highest BCUT2D eigenvalue weighted by molar-refractivity contribution is 7.99. The minimum atomic E-state index is -0.104. The van der Waals surface area contributed by atoms with E-state index in [-0.39, 0.29) is 17.9 Å². The second kappa shape index (κ2) is 11.0. The van der Waals surface area contributed by atoms with E-state index >= 15 is 0 Å². The lowest BCUT2D eigenvalue weighted by Gasteiger charge is -2.27. The van der Waals surface area contributed by atoms with Gasteiger partial charge in [-0.1, -0.05) is 26.0 Å². The van der Waals surface area contributed by atoms with Crippen LogP contribution >= 0.6 is 11.8 Å². The fourth-order valence-electron chi connectivity index (χ4n) is 3.50. The molecule has 178 valence electrons. The number of thioether (sulfide) groups is 1. The maximum atomic E-state index is 12.6. The smallest absolute Gasteiger partial charge is 0.253 e. The van der Waals surface area contributed by atoms with E-state index in [9.17, 15) is 9.90 Å². The third kappa shape index (κ3) is 6.34. The number of nitrogens with zero attached hydrogens (tertiary/aromatic N) is 3. The van der Waals surface area contributed by atoms with Crippen molar-refractivity contribution in [1.29, 1.82) is 0 Å². The number of aromatic nitrogens is 2. The highest BCUT2D eigenvalue weighted by Gasteiger charge is 2.18. The average Bonchev–Trinajstić information content (AvgIpc) is 2.88. The van der Waals surface area contributed by atoms with Crippen LogP contribution in [0, 0.1) is 5.41 Å². The van der Waals surface area contributed by atoms with Gasteiger partial charge >= 0.3 is 0 Å². The number of nitrogens with one attached hydrogen (secondary N) is 2. The van der Waals surface area contributed by atoms with E-state index < -0.39 is 0 Å². The van der Waals surface area contributed by atoms with Gasteiger partial charge in [0, 0.05) is 66.4 Å². The van der Waals surface area contributed by atoms with E-state index in [2.05, 4.69) is 58.7 Å². The van der Waals surface area contributed by atoms with Crippen LogP contribution in [0.15, 0.2) is 65.7 Å². The molecule has 0 spiro atoms. The molecule has 0 unspecified atom stereocenters. The van der Waals surface area contributed by atoms with E-state index in [0.29, 0.717) is 11.5 Å². The van der Waals surface area contributed by atoms with E-state index in [0.717, 1.165) is 53.8 Å². The molecule has 34 heavy (non-hydrogen) atoms. The Bertz CT molecular complexity index is 1100. The Labute approximate surface area is 205 Å². The van der Waals surface area contributed by atoms with Crippen LogP contribution in [-0.4, -0.2) is 64.4 Å². The molecule has 0 bridgehead atoms. The highest BCUT2D eigenvalue weighted by atomic mass is 32.2. The molecule has 3 N–H and O–H groups in total. The van der Waals surface area contributed by atoms with Gasteiger partial charge in [-0.25, -0.2) is 9.97 Å². The van der Waals surface area contributed by atoms with Crippen LogP contribution in [0.2, 0.25) is 0 Å². The van der Waals surface area contributed by atoms with Gasteiger partial charge in [0.25, 0.3) is 5.91 Å². The summed E-state index contributed by atoms with van der Waals surface area (Å²) in [7, 11) is 0. The molecule has 1 aliphatic rings. The van der Waals surface area contributed by atoms with Gasteiger partial charge in [0.1, 0.15) is 0 Å². The number of benzene rings is 2. The molecule has 0 saturated carbocycles. The lowest BCUT2D eigenvalue weighted by molar-refractivity contribution is 0.0736. The Kier molecular flexibility index (Phi) is 7.82. The molecule has 1 saturated heterocycles. The van der Waals surface area contributed by atoms with Crippen LogP contribution in [0.3, 0.4) is 0 Å². The summed E-state index contributed by atoms with van der Waals surface area (Å²) in [6.45, 7) is 7.43. The number of carbonyl (C=O) groups excluding carboxylic acids is 1. The van der Waals surface area contributed by atoms with Gasteiger partial charge in [0.2, 0.25) is 5.95 Å². The average molecular weight is 478 g/mol. The predicted molar refractivity (Wildman–Crippen MR) is 138 cm³/mol. The number of anilines is 2. The van der Waals surface area contributed by atoms with Crippen LogP contribution < -0.4 is 10.6 Å². The predicted octanol–water partition coefficient (Wildman–Crippen LogP) is 4.04. The van der Waals surface area contributed by atoms with Crippen LogP contribution in [0.4, 0.5) is 11.6 Å². The normalized spacial score (nSPS) is 14.1. The molecule has 2 heterocycles. The van der Waals surface area contributed by atoms with Crippen molar-refractivity contribution in [3.8, 4) is 11.3 Å². The minimum Gasteiger partial charge on any atom is -0.396 e. The first-order valence-corrected chi connectivity index (χ1v) is 12.5. The van der Waals surface area contributed by atoms with Gasteiger partial charge < -0.3 is 20.6 Å². The number of amides is 1. The van der Waals surface area contributed by atoms with Crippen molar-refractivity contribution in [2.45, 2.75) is 18.7 Å². The summed E-state index contributed by atoms with van der Waals surface area (Å²) < 4.78 is 0. The van der Waals surface area contributed by atoms with Crippen LogP contribution in [0.25, 0.3) is 11.3 Å². The van der Waals surface area contributed by atoms with Gasteiger partial charge in [0.05, 0.1) is 5.69 Å². The Balaban J connectivity index is 1.39. The summed E-state index contributed by atoms with van der Waals surface area (Å²) in [6, 6.07) is 17.6. The van der Waals surface area contributed by atoms with Crippen molar-refractivity contribution < 1.29 is 9.90 Å². The molecule has 1 aliphatic heterocycles. The quantitative estimate of drug-likeness (QED) is 0.422. The zero-order chi connectivity index (χ0) is 24.0. The molecule has 1 amide bonds. The molecule has 0 atom stereocenters.